The number of alkyl halides is 5. The van der Waals surface area contributed by atoms with Crippen LogP contribution in [0, 0.1) is 0 Å². The van der Waals surface area contributed by atoms with Crippen molar-refractivity contribution in [3.8, 4) is 0 Å². The highest BCUT2D eigenvalue weighted by Gasteiger charge is 2.45. The zero-order valence-electron chi connectivity index (χ0n) is 20.8. The second-order valence-corrected chi connectivity index (χ2v) is 10.5. The molecule has 1 aromatic heterocycles. The number of amides is 1. The van der Waals surface area contributed by atoms with E-state index in [2.05, 4.69) is 15.6 Å². The molecular weight excluding hydrogens is 491 g/mol. The SMILES string of the molecule is CCC(F)(F)c1cccc2c1C(C)(C)C(C(=O)Nc1ccc(N3C4CCC3CC4)nc1C(F)(F)F)=CN2. The van der Waals surface area contributed by atoms with Crippen LogP contribution in [-0.2, 0) is 22.3 Å². The lowest BCUT2D eigenvalue weighted by Crippen LogP contribution is -2.36. The Morgan fingerprint density at radius 1 is 1.08 bits per heavy atom. The third kappa shape index (κ3) is 4.24. The van der Waals surface area contributed by atoms with Crippen molar-refractivity contribution in [2.75, 3.05) is 15.5 Å². The molecule has 3 aliphatic rings. The number of pyridine rings is 1. The molecule has 5 nitrogen and oxygen atoms in total. The van der Waals surface area contributed by atoms with Crippen molar-refractivity contribution >= 4 is 23.1 Å². The van der Waals surface area contributed by atoms with Crippen LogP contribution in [0.15, 0.2) is 42.1 Å². The fourth-order valence-corrected chi connectivity index (χ4v) is 6.04. The average molecular weight is 521 g/mol. The Hall–Kier alpha value is -3.17. The lowest BCUT2D eigenvalue weighted by Gasteiger charge is -2.37. The minimum absolute atomic E-state index is 0.0362. The maximum absolute atomic E-state index is 14.8. The molecule has 1 amide bonds. The second kappa shape index (κ2) is 8.70. The van der Waals surface area contributed by atoms with Gasteiger partial charge in [0.2, 0.25) is 0 Å². The van der Waals surface area contributed by atoms with Crippen molar-refractivity contribution in [2.45, 2.75) is 82.5 Å². The molecule has 0 saturated carbocycles. The van der Waals surface area contributed by atoms with Crippen LogP contribution >= 0.6 is 0 Å². The van der Waals surface area contributed by atoms with Crippen molar-refractivity contribution in [2.24, 2.45) is 0 Å². The normalized spacial score (nSPS) is 22.4. The van der Waals surface area contributed by atoms with Crippen LogP contribution in [-0.4, -0.2) is 23.0 Å². The van der Waals surface area contributed by atoms with Crippen molar-refractivity contribution < 1.29 is 26.7 Å². The van der Waals surface area contributed by atoms with Gasteiger partial charge in [-0.3, -0.25) is 4.79 Å². The highest BCUT2D eigenvalue weighted by molar-refractivity contribution is 6.07. The maximum atomic E-state index is 14.8. The molecule has 37 heavy (non-hydrogen) atoms. The molecule has 0 spiro atoms. The van der Waals surface area contributed by atoms with Gasteiger partial charge < -0.3 is 15.5 Å². The molecule has 10 heteroatoms. The van der Waals surface area contributed by atoms with Gasteiger partial charge in [0.1, 0.15) is 5.82 Å². The monoisotopic (exact) mass is 520 g/mol. The molecule has 5 rings (SSSR count). The van der Waals surface area contributed by atoms with E-state index in [4.69, 9.17) is 0 Å². The summed E-state index contributed by atoms with van der Waals surface area (Å²) in [4.78, 5) is 19.3. The summed E-state index contributed by atoms with van der Waals surface area (Å²) in [6.07, 6.45) is -0.133. The summed E-state index contributed by atoms with van der Waals surface area (Å²) < 4.78 is 71.8. The number of halogens is 5. The van der Waals surface area contributed by atoms with Crippen LogP contribution in [0.2, 0.25) is 0 Å². The number of nitrogens with one attached hydrogen (secondary N) is 2. The number of hydrogen-bond acceptors (Lipinski definition) is 4. The van der Waals surface area contributed by atoms with Gasteiger partial charge in [-0.25, -0.2) is 13.8 Å². The predicted molar refractivity (Wildman–Crippen MR) is 132 cm³/mol. The van der Waals surface area contributed by atoms with Crippen LogP contribution in [0.25, 0.3) is 0 Å². The standard InChI is InChI=1S/C27H29F5N4O/c1-4-26(28,29)17-6-5-7-19-22(17)25(2,3)18(14-33-19)24(37)34-20-12-13-21(35-23(20)27(30,31)32)36-15-8-9-16(36)11-10-15/h5-7,12-16,33H,4,8-11H2,1-3H3,(H,34,37). The van der Waals surface area contributed by atoms with Gasteiger partial charge in [-0.2, -0.15) is 13.2 Å². The number of hydrogen-bond donors (Lipinski definition) is 2. The van der Waals surface area contributed by atoms with Crippen LogP contribution in [0.5, 0.6) is 0 Å². The van der Waals surface area contributed by atoms with Crippen LogP contribution in [0.4, 0.5) is 39.1 Å². The van der Waals surface area contributed by atoms with Gasteiger partial charge in [-0.1, -0.05) is 32.9 Å². The summed E-state index contributed by atoms with van der Waals surface area (Å²) >= 11 is 0. The Bertz CT molecular complexity index is 1250. The van der Waals surface area contributed by atoms with Crippen molar-refractivity contribution in [3.05, 3.63) is 58.9 Å². The van der Waals surface area contributed by atoms with Gasteiger partial charge in [0, 0.05) is 46.9 Å². The molecule has 198 valence electrons. The number of nitrogens with zero attached hydrogens (tertiary/aromatic N) is 2. The number of fused-ring (bicyclic) bond motifs is 3. The lowest BCUT2D eigenvalue weighted by molar-refractivity contribution is -0.140. The molecule has 1 aromatic carbocycles. The summed E-state index contributed by atoms with van der Waals surface area (Å²) in [6, 6.07) is 7.58. The number of benzene rings is 1. The fourth-order valence-electron chi connectivity index (χ4n) is 6.04. The smallest absolute Gasteiger partial charge is 0.361 e. The van der Waals surface area contributed by atoms with Gasteiger partial charge >= 0.3 is 6.18 Å². The summed E-state index contributed by atoms with van der Waals surface area (Å²) in [7, 11) is 0. The summed E-state index contributed by atoms with van der Waals surface area (Å²) in [6.45, 7) is 4.60. The predicted octanol–water partition coefficient (Wildman–Crippen LogP) is 6.96. The number of carbonyl (C=O) groups is 1. The fraction of sp³-hybridized carbons (Fsp3) is 0.481. The van der Waals surface area contributed by atoms with E-state index in [0.717, 1.165) is 25.7 Å². The first-order chi connectivity index (χ1) is 17.3. The maximum Gasteiger partial charge on any atom is 0.435 e. The summed E-state index contributed by atoms with van der Waals surface area (Å²) in [5.74, 6) is -3.70. The molecule has 2 bridgehead atoms. The van der Waals surface area contributed by atoms with E-state index in [9.17, 15) is 26.7 Å². The Kier molecular flexibility index (Phi) is 5.99. The van der Waals surface area contributed by atoms with Crippen LogP contribution in [0.1, 0.15) is 69.7 Å². The first kappa shape index (κ1) is 25.5. The Labute approximate surface area is 212 Å². The quantitative estimate of drug-likeness (QED) is 0.419. The van der Waals surface area contributed by atoms with Crippen molar-refractivity contribution in [1.82, 2.24) is 4.98 Å². The lowest BCUT2D eigenvalue weighted by atomic mass is 9.72. The molecule has 2 fully saturated rings. The van der Waals surface area contributed by atoms with E-state index in [0.29, 0.717) is 5.69 Å². The molecule has 0 unspecified atom stereocenters. The second-order valence-electron chi connectivity index (χ2n) is 10.5. The molecular formula is C27H29F5N4O. The number of aromatic nitrogens is 1. The third-order valence-electron chi connectivity index (χ3n) is 7.93. The highest BCUT2D eigenvalue weighted by Crippen LogP contribution is 2.48. The molecule has 4 heterocycles. The topological polar surface area (TPSA) is 57.3 Å². The molecule has 2 saturated heterocycles. The zero-order chi connectivity index (χ0) is 26.8. The first-order valence-corrected chi connectivity index (χ1v) is 12.5. The zero-order valence-corrected chi connectivity index (χ0v) is 20.8. The molecule has 0 atom stereocenters. The van der Waals surface area contributed by atoms with Crippen LogP contribution < -0.4 is 15.5 Å². The van der Waals surface area contributed by atoms with Gasteiger partial charge in [0.25, 0.3) is 11.8 Å². The molecule has 3 aliphatic heterocycles. The van der Waals surface area contributed by atoms with Gasteiger partial charge in [0.05, 0.1) is 5.69 Å². The summed E-state index contributed by atoms with van der Waals surface area (Å²) in [5.41, 5.74) is -2.37. The van der Waals surface area contributed by atoms with E-state index in [1.54, 1.807) is 19.9 Å². The summed E-state index contributed by atoms with van der Waals surface area (Å²) in [5, 5.41) is 5.24. The third-order valence-corrected chi connectivity index (χ3v) is 7.93. The molecule has 0 aliphatic carbocycles. The Morgan fingerprint density at radius 2 is 1.73 bits per heavy atom. The van der Waals surface area contributed by atoms with E-state index >= 15 is 0 Å². The number of anilines is 3. The molecule has 0 radical (unpaired) electrons. The largest absolute Gasteiger partial charge is 0.435 e. The van der Waals surface area contributed by atoms with Gasteiger partial charge in [0.15, 0.2) is 5.69 Å². The van der Waals surface area contributed by atoms with E-state index < -0.39 is 41.2 Å². The van der Waals surface area contributed by atoms with E-state index in [-0.39, 0.29) is 34.6 Å². The van der Waals surface area contributed by atoms with Gasteiger partial charge in [-0.05, 0) is 49.4 Å². The van der Waals surface area contributed by atoms with Crippen molar-refractivity contribution in [1.29, 1.82) is 0 Å². The number of rotatable bonds is 5. The average Bonchev–Trinajstić information content (AvgIpc) is 3.44. The number of carbonyl (C=O) groups excluding carboxylic acids is 1. The van der Waals surface area contributed by atoms with Crippen LogP contribution in [0.3, 0.4) is 0 Å². The Morgan fingerprint density at radius 3 is 2.32 bits per heavy atom. The molecule has 2 N–H and O–H groups in total. The first-order valence-electron chi connectivity index (χ1n) is 12.5. The van der Waals surface area contributed by atoms with E-state index in [1.807, 2.05) is 4.90 Å². The minimum atomic E-state index is -4.80. The highest BCUT2D eigenvalue weighted by atomic mass is 19.4. The van der Waals surface area contributed by atoms with Gasteiger partial charge in [-0.15, -0.1) is 0 Å². The molecule has 2 aromatic rings. The van der Waals surface area contributed by atoms with Crippen molar-refractivity contribution in [3.63, 3.8) is 0 Å². The Balaban J connectivity index is 1.48. The minimum Gasteiger partial charge on any atom is -0.361 e. The van der Waals surface area contributed by atoms with E-state index in [1.165, 1.54) is 37.4 Å².